The molecule has 5 nitrogen and oxygen atoms in total. The molecule has 0 spiro atoms. The van der Waals surface area contributed by atoms with E-state index in [2.05, 4.69) is 20.5 Å². The molecule has 8 heteroatoms. The van der Waals surface area contributed by atoms with Gasteiger partial charge < -0.3 is 15.4 Å². The Hall–Kier alpha value is -1.80. The lowest BCUT2D eigenvalue weighted by atomic mass is 10.1. The van der Waals surface area contributed by atoms with E-state index in [1.807, 2.05) is 0 Å². The molecule has 1 aromatic carbocycles. The van der Waals surface area contributed by atoms with Gasteiger partial charge in [0, 0.05) is 32.7 Å². The monoisotopic (exact) mass is 370 g/mol. The van der Waals surface area contributed by atoms with Gasteiger partial charge in [-0.15, -0.1) is 0 Å². The molecule has 2 fully saturated rings. The number of guanidine groups is 1. The third kappa shape index (κ3) is 4.88. The first-order chi connectivity index (χ1) is 12.5. The molecule has 2 aliphatic heterocycles. The van der Waals surface area contributed by atoms with E-state index in [1.54, 1.807) is 7.05 Å². The second-order valence-electron chi connectivity index (χ2n) is 6.75. The number of ether oxygens (including phenoxy) is 1. The second kappa shape index (κ2) is 8.26. The second-order valence-corrected chi connectivity index (χ2v) is 6.75. The van der Waals surface area contributed by atoms with E-state index < -0.39 is 11.7 Å². The van der Waals surface area contributed by atoms with Crippen LogP contribution in [0, 0.1) is 0 Å². The van der Waals surface area contributed by atoms with Crippen molar-refractivity contribution >= 4 is 5.96 Å². The molecule has 0 amide bonds. The highest BCUT2D eigenvalue weighted by molar-refractivity contribution is 5.79. The first kappa shape index (κ1) is 19.0. The summed E-state index contributed by atoms with van der Waals surface area (Å²) in [6.07, 6.45) is -1.73. The number of rotatable bonds is 4. The number of fused-ring (bicyclic) bond motifs is 1. The molecule has 2 N–H and O–H groups in total. The molecule has 1 aromatic rings. The summed E-state index contributed by atoms with van der Waals surface area (Å²) in [5.74, 6) is 0.608. The van der Waals surface area contributed by atoms with E-state index in [0.717, 1.165) is 37.4 Å². The van der Waals surface area contributed by atoms with Crippen LogP contribution in [-0.4, -0.2) is 56.3 Å². The highest BCUT2D eigenvalue weighted by Gasteiger charge is 2.32. The summed E-state index contributed by atoms with van der Waals surface area (Å²) in [6.45, 7) is 3.90. The molecule has 0 aromatic heterocycles. The van der Waals surface area contributed by atoms with E-state index in [9.17, 15) is 13.2 Å². The molecule has 2 aliphatic rings. The highest BCUT2D eigenvalue weighted by Crippen LogP contribution is 2.29. The predicted octanol–water partition coefficient (Wildman–Crippen LogP) is 2.23. The van der Waals surface area contributed by atoms with Gasteiger partial charge in [-0.05, 0) is 37.1 Å². The van der Waals surface area contributed by atoms with E-state index in [4.69, 9.17) is 4.74 Å². The first-order valence-electron chi connectivity index (χ1n) is 8.92. The van der Waals surface area contributed by atoms with Crippen molar-refractivity contribution in [1.82, 2.24) is 15.5 Å². The standard InChI is InChI=1S/C18H25F3N4O/c1-22-17(23-9-13-4-6-14(7-5-13)18(19,20)21)24-10-16-11-25-8-2-3-15(25)12-26-16/h4-7,15-16H,2-3,8-12H2,1H3,(H2,22,23,24). The van der Waals surface area contributed by atoms with Gasteiger partial charge in [-0.25, -0.2) is 0 Å². The van der Waals surface area contributed by atoms with E-state index in [-0.39, 0.29) is 6.10 Å². The highest BCUT2D eigenvalue weighted by atomic mass is 19.4. The molecule has 2 unspecified atom stereocenters. The zero-order valence-corrected chi connectivity index (χ0v) is 14.9. The Morgan fingerprint density at radius 1 is 1.27 bits per heavy atom. The van der Waals surface area contributed by atoms with Gasteiger partial charge in [-0.3, -0.25) is 9.89 Å². The van der Waals surface area contributed by atoms with Crippen LogP contribution in [-0.2, 0) is 17.5 Å². The zero-order valence-electron chi connectivity index (χ0n) is 14.9. The largest absolute Gasteiger partial charge is 0.416 e. The third-order valence-corrected chi connectivity index (χ3v) is 4.92. The maximum absolute atomic E-state index is 12.6. The summed E-state index contributed by atoms with van der Waals surface area (Å²) in [5, 5.41) is 6.35. The number of nitrogens with one attached hydrogen (secondary N) is 2. The SMILES string of the molecule is CN=C(NCc1ccc(C(F)(F)F)cc1)NCC1CN2CCCC2CO1. The number of nitrogens with zero attached hydrogens (tertiary/aromatic N) is 2. The van der Waals surface area contributed by atoms with Gasteiger partial charge in [0.2, 0.25) is 0 Å². The number of aliphatic imine (C=N–C) groups is 1. The van der Waals surface area contributed by atoms with Crippen LogP contribution in [0.4, 0.5) is 13.2 Å². The lowest BCUT2D eigenvalue weighted by Crippen LogP contribution is -2.51. The van der Waals surface area contributed by atoms with Crippen LogP contribution in [0.25, 0.3) is 0 Å². The van der Waals surface area contributed by atoms with Crippen LogP contribution in [0.2, 0.25) is 0 Å². The molecule has 2 saturated heterocycles. The molecule has 2 heterocycles. The Bertz CT molecular complexity index is 618. The molecule has 144 valence electrons. The number of benzene rings is 1. The Labute approximate surface area is 151 Å². The van der Waals surface area contributed by atoms with E-state index in [1.165, 1.54) is 25.0 Å². The first-order valence-corrected chi connectivity index (χ1v) is 8.92. The fourth-order valence-corrected chi connectivity index (χ4v) is 3.44. The number of hydrogen-bond acceptors (Lipinski definition) is 3. The van der Waals surface area contributed by atoms with Crippen LogP contribution in [0.5, 0.6) is 0 Å². The van der Waals surface area contributed by atoms with Gasteiger partial charge in [0.1, 0.15) is 0 Å². The molecule has 0 saturated carbocycles. The third-order valence-electron chi connectivity index (χ3n) is 4.92. The van der Waals surface area contributed by atoms with Crippen molar-refractivity contribution in [2.24, 2.45) is 4.99 Å². The molecule has 3 rings (SSSR count). The molecule has 26 heavy (non-hydrogen) atoms. The van der Waals surface area contributed by atoms with Crippen molar-refractivity contribution in [1.29, 1.82) is 0 Å². The molecular formula is C18H25F3N4O. The van der Waals surface area contributed by atoms with Crippen LogP contribution in [0.15, 0.2) is 29.3 Å². The average Bonchev–Trinajstić information content (AvgIpc) is 3.09. The summed E-state index contributed by atoms with van der Waals surface area (Å²) in [7, 11) is 1.67. The minimum atomic E-state index is -4.31. The van der Waals surface area contributed by atoms with Gasteiger partial charge in [0.25, 0.3) is 0 Å². The number of morpholine rings is 1. The normalized spacial score (nSPS) is 24.4. The topological polar surface area (TPSA) is 48.9 Å². The lowest BCUT2D eigenvalue weighted by molar-refractivity contribution is -0.137. The molecule has 0 aliphatic carbocycles. The lowest BCUT2D eigenvalue weighted by Gasteiger charge is -2.35. The predicted molar refractivity (Wildman–Crippen MR) is 94.0 cm³/mol. The van der Waals surface area contributed by atoms with Crippen LogP contribution in [0.3, 0.4) is 0 Å². The van der Waals surface area contributed by atoms with Crippen molar-refractivity contribution in [2.75, 3.05) is 33.3 Å². The number of hydrogen-bond donors (Lipinski definition) is 2. The van der Waals surface area contributed by atoms with Crippen molar-refractivity contribution in [2.45, 2.75) is 37.7 Å². The number of halogens is 3. The summed E-state index contributed by atoms with van der Waals surface area (Å²) in [6, 6.07) is 5.70. The zero-order chi connectivity index (χ0) is 18.6. The van der Waals surface area contributed by atoms with Crippen molar-refractivity contribution in [3.63, 3.8) is 0 Å². The number of alkyl halides is 3. The average molecular weight is 370 g/mol. The van der Waals surface area contributed by atoms with Gasteiger partial charge in [-0.2, -0.15) is 13.2 Å². The summed E-state index contributed by atoms with van der Waals surface area (Å²) in [4.78, 5) is 6.64. The van der Waals surface area contributed by atoms with Gasteiger partial charge in [-0.1, -0.05) is 12.1 Å². The van der Waals surface area contributed by atoms with Crippen molar-refractivity contribution < 1.29 is 17.9 Å². The summed E-state index contributed by atoms with van der Waals surface area (Å²) >= 11 is 0. The van der Waals surface area contributed by atoms with Crippen molar-refractivity contribution in [3.8, 4) is 0 Å². The maximum Gasteiger partial charge on any atom is 0.416 e. The van der Waals surface area contributed by atoms with Crippen LogP contribution in [0.1, 0.15) is 24.0 Å². The maximum atomic E-state index is 12.6. The van der Waals surface area contributed by atoms with Crippen LogP contribution < -0.4 is 10.6 Å². The smallest absolute Gasteiger partial charge is 0.373 e. The molecule has 0 bridgehead atoms. The van der Waals surface area contributed by atoms with E-state index in [0.29, 0.717) is 25.1 Å². The Morgan fingerprint density at radius 3 is 2.73 bits per heavy atom. The van der Waals surface area contributed by atoms with Crippen molar-refractivity contribution in [3.05, 3.63) is 35.4 Å². The van der Waals surface area contributed by atoms with Crippen LogP contribution >= 0.6 is 0 Å². The van der Waals surface area contributed by atoms with Gasteiger partial charge >= 0.3 is 6.18 Å². The molecular weight excluding hydrogens is 345 g/mol. The minimum Gasteiger partial charge on any atom is -0.373 e. The Morgan fingerprint density at radius 2 is 2.04 bits per heavy atom. The van der Waals surface area contributed by atoms with Gasteiger partial charge in [0.15, 0.2) is 5.96 Å². The van der Waals surface area contributed by atoms with E-state index >= 15 is 0 Å². The fourth-order valence-electron chi connectivity index (χ4n) is 3.44. The summed E-state index contributed by atoms with van der Waals surface area (Å²) < 4.78 is 43.7. The summed E-state index contributed by atoms with van der Waals surface area (Å²) in [5.41, 5.74) is 0.119. The minimum absolute atomic E-state index is 0.119. The molecule has 0 radical (unpaired) electrons. The Balaban J connectivity index is 1.43. The Kier molecular flexibility index (Phi) is 6.03. The van der Waals surface area contributed by atoms with Gasteiger partial charge in [0.05, 0.1) is 18.3 Å². The fraction of sp³-hybridized carbons (Fsp3) is 0.611. The molecule has 2 atom stereocenters. The quantitative estimate of drug-likeness (QED) is 0.630.